The minimum absolute atomic E-state index is 0.120. The topological polar surface area (TPSA) is 67.2 Å². The van der Waals surface area contributed by atoms with Crippen molar-refractivity contribution in [1.29, 1.82) is 5.26 Å². The monoisotopic (exact) mass is 313 g/mol. The van der Waals surface area contributed by atoms with Crippen LogP contribution in [0.1, 0.15) is 18.4 Å². The average Bonchev–Trinajstić information content (AvgIpc) is 3.06. The van der Waals surface area contributed by atoms with E-state index in [9.17, 15) is 13.7 Å². The third-order valence-corrected chi connectivity index (χ3v) is 5.53. The van der Waals surface area contributed by atoms with Crippen molar-refractivity contribution in [2.45, 2.75) is 18.1 Å². The van der Waals surface area contributed by atoms with Crippen LogP contribution in [0.15, 0.2) is 24.3 Å². The molecule has 1 aliphatic rings. The van der Waals surface area contributed by atoms with Gasteiger partial charge >= 0.3 is 0 Å². The van der Waals surface area contributed by atoms with E-state index < -0.39 is 20.5 Å². The number of ether oxygens (including phenoxy) is 1. The second-order valence-electron chi connectivity index (χ2n) is 5.07. The SMILES string of the molecule is CCOC[C@@]1(C#N)[C@H](S(C)(=O)=O)[C@@H]1c1cccc(Cl)c1. The van der Waals surface area contributed by atoms with Crippen LogP contribution < -0.4 is 0 Å². The lowest BCUT2D eigenvalue weighted by Crippen LogP contribution is -2.18. The third kappa shape index (κ3) is 2.56. The molecule has 2 rings (SSSR count). The van der Waals surface area contributed by atoms with Gasteiger partial charge in [-0.15, -0.1) is 0 Å². The summed E-state index contributed by atoms with van der Waals surface area (Å²) in [5.74, 6) is -0.382. The first kappa shape index (κ1) is 15.3. The van der Waals surface area contributed by atoms with Crippen molar-refractivity contribution in [3.8, 4) is 6.07 Å². The third-order valence-electron chi connectivity index (χ3n) is 3.68. The van der Waals surface area contributed by atoms with Gasteiger partial charge in [-0.1, -0.05) is 23.7 Å². The first-order chi connectivity index (χ1) is 9.36. The van der Waals surface area contributed by atoms with Gasteiger partial charge in [-0.3, -0.25) is 0 Å². The highest BCUT2D eigenvalue weighted by atomic mass is 35.5. The van der Waals surface area contributed by atoms with Gasteiger partial charge in [0.2, 0.25) is 0 Å². The van der Waals surface area contributed by atoms with Crippen LogP contribution in [0.5, 0.6) is 0 Å². The molecule has 0 saturated heterocycles. The summed E-state index contributed by atoms with van der Waals surface area (Å²) in [6.07, 6.45) is 1.17. The Labute approximate surface area is 124 Å². The molecule has 0 unspecified atom stereocenters. The maximum absolute atomic E-state index is 12.0. The standard InChI is InChI=1S/C14H16ClNO3S/c1-3-19-9-14(8-16)12(13(14)20(2,17)18)10-5-4-6-11(15)7-10/h4-7,12-13H,3,9H2,1-2H3/t12-,13+,14+/m0/s1. The molecule has 1 aliphatic carbocycles. The lowest BCUT2D eigenvalue weighted by molar-refractivity contribution is 0.117. The van der Waals surface area contributed by atoms with E-state index in [0.717, 1.165) is 5.56 Å². The summed E-state index contributed by atoms with van der Waals surface area (Å²) in [6, 6.07) is 9.17. The number of halogens is 1. The number of sulfone groups is 1. The van der Waals surface area contributed by atoms with Crippen molar-refractivity contribution >= 4 is 21.4 Å². The van der Waals surface area contributed by atoms with Crippen molar-refractivity contribution in [2.24, 2.45) is 5.41 Å². The Morgan fingerprint density at radius 1 is 1.50 bits per heavy atom. The maximum Gasteiger partial charge on any atom is 0.152 e. The Bertz CT molecular complexity index is 653. The van der Waals surface area contributed by atoms with E-state index in [1.807, 2.05) is 6.92 Å². The Kier molecular flexibility index (Phi) is 4.10. The van der Waals surface area contributed by atoms with Gasteiger partial charge < -0.3 is 4.74 Å². The van der Waals surface area contributed by atoms with E-state index in [-0.39, 0.29) is 12.5 Å². The van der Waals surface area contributed by atoms with Crippen LogP contribution in [-0.4, -0.2) is 33.1 Å². The van der Waals surface area contributed by atoms with E-state index in [1.165, 1.54) is 6.26 Å². The normalized spacial score (nSPS) is 28.9. The largest absolute Gasteiger partial charge is 0.380 e. The molecule has 6 heteroatoms. The zero-order chi connectivity index (χ0) is 15.0. The molecule has 0 N–H and O–H groups in total. The van der Waals surface area contributed by atoms with Gasteiger partial charge in [0.1, 0.15) is 5.41 Å². The van der Waals surface area contributed by atoms with Crippen LogP contribution in [0.4, 0.5) is 0 Å². The van der Waals surface area contributed by atoms with Crippen molar-refractivity contribution in [2.75, 3.05) is 19.5 Å². The van der Waals surface area contributed by atoms with Crippen molar-refractivity contribution < 1.29 is 13.2 Å². The molecule has 1 saturated carbocycles. The zero-order valence-corrected chi connectivity index (χ0v) is 12.9. The van der Waals surface area contributed by atoms with Crippen molar-refractivity contribution in [1.82, 2.24) is 0 Å². The summed E-state index contributed by atoms with van der Waals surface area (Å²) in [5, 5.41) is 9.29. The number of nitrogens with zero attached hydrogens (tertiary/aromatic N) is 1. The van der Waals surface area contributed by atoms with Gasteiger partial charge in [-0.05, 0) is 24.6 Å². The molecule has 0 heterocycles. The second kappa shape index (κ2) is 5.36. The van der Waals surface area contributed by atoms with Gasteiger partial charge in [0.15, 0.2) is 9.84 Å². The van der Waals surface area contributed by atoms with E-state index >= 15 is 0 Å². The molecule has 3 atom stereocenters. The highest BCUT2D eigenvalue weighted by Gasteiger charge is 2.71. The summed E-state index contributed by atoms with van der Waals surface area (Å²) in [4.78, 5) is 0. The molecule has 108 valence electrons. The highest BCUT2D eigenvalue weighted by molar-refractivity contribution is 7.91. The fourth-order valence-electron chi connectivity index (χ4n) is 2.81. The Morgan fingerprint density at radius 2 is 2.20 bits per heavy atom. The lowest BCUT2D eigenvalue weighted by atomic mass is 10.0. The number of rotatable bonds is 5. The molecular formula is C14H16ClNO3S. The fourth-order valence-corrected chi connectivity index (χ4v) is 4.86. The molecule has 0 aliphatic heterocycles. The van der Waals surface area contributed by atoms with Crippen LogP contribution in [0.25, 0.3) is 0 Å². The lowest BCUT2D eigenvalue weighted by Gasteiger charge is -2.08. The smallest absolute Gasteiger partial charge is 0.152 e. The summed E-state index contributed by atoms with van der Waals surface area (Å²) in [6.45, 7) is 2.38. The molecule has 0 aromatic heterocycles. The quantitative estimate of drug-likeness (QED) is 0.837. The molecule has 20 heavy (non-hydrogen) atoms. The molecule has 0 radical (unpaired) electrons. The number of nitriles is 1. The van der Waals surface area contributed by atoms with Gasteiger partial charge in [-0.2, -0.15) is 5.26 Å². The minimum Gasteiger partial charge on any atom is -0.380 e. The minimum atomic E-state index is -3.34. The summed E-state index contributed by atoms with van der Waals surface area (Å²) in [7, 11) is -3.34. The molecule has 1 fully saturated rings. The molecular weight excluding hydrogens is 298 g/mol. The van der Waals surface area contributed by atoms with E-state index in [2.05, 4.69) is 6.07 Å². The molecule has 1 aromatic rings. The second-order valence-corrected chi connectivity index (χ2v) is 7.68. The summed E-state index contributed by atoms with van der Waals surface area (Å²) < 4.78 is 29.3. The number of hydrogen-bond donors (Lipinski definition) is 0. The van der Waals surface area contributed by atoms with Gasteiger partial charge in [0.05, 0.1) is 17.9 Å². The first-order valence-corrected chi connectivity index (χ1v) is 8.63. The van der Waals surface area contributed by atoms with Crippen molar-refractivity contribution in [3.05, 3.63) is 34.9 Å². The van der Waals surface area contributed by atoms with Gasteiger partial charge in [-0.25, -0.2) is 8.42 Å². The predicted molar refractivity (Wildman–Crippen MR) is 77.4 cm³/mol. The number of hydrogen-bond acceptors (Lipinski definition) is 4. The van der Waals surface area contributed by atoms with Gasteiger partial charge in [0.25, 0.3) is 0 Å². The Hall–Kier alpha value is -1.09. The predicted octanol–water partition coefficient (Wildman–Crippen LogP) is 2.40. The van der Waals surface area contributed by atoms with E-state index in [4.69, 9.17) is 16.3 Å². The van der Waals surface area contributed by atoms with Crippen molar-refractivity contribution in [3.63, 3.8) is 0 Å². The molecule has 0 amide bonds. The average molecular weight is 314 g/mol. The van der Waals surface area contributed by atoms with Crippen LogP contribution >= 0.6 is 11.6 Å². The number of benzene rings is 1. The molecule has 4 nitrogen and oxygen atoms in total. The molecule has 1 aromatic carbocycles. The maximum atomic E-state index is 12.0. The van der Waals surface area contributed by atoms with Crippen LogP contribution in [0, 0.1) is 16.7 Å². The zero-order valence-electron chi connectivity index (χ0n) is 11.3. The molecule has 0 bridgehead atoms. The summed E-state index contributed by atoms with van der Waals surface area (Å²) in [5.41, 5.74) is -0.233. The Balaban J connectivity index is 2.43. The van der Waals surface area contributed by atoms with Crippen LogP contribution in [0.2, 0.25) is 5.02 Å². The molecule has 0 spiro atoms. The van der Waals surface area contributed by atoms with Gasteiger partial charge in [0, 0.05) is 23.8 Å². The van der Waals surface area contributed by atoms with E-state index in [1.54, 1.807) is 24.3 Å². The fraction of sp³-hybridized carbons (Fsp3) is 0.500. The highest BCUT2D eigenvalue weighted by Crippen LogP contribution is 2.62. The van der Waals surface area contributed by atoms with Crippen LogP contribution in [0.3, 0.4) is 0 Å². The van der Waals surface area contributed by atoms with Crippen LogP contribution in [-0.2, 0) is 14.6 Å². The Morgan fingerprint density at radius 3 is 2.70 bits per heavy atom. The summed E-state index contributed by atoms with van der Waals surface area (Å²) >= 11 is 5.96. The van der Waals surface area contributed by atoms with E-state index in [0.29, 0.717) is 11.6 Å². The first-order valence-electron chi connectivity index (χ1n) is 6.30.